The maximum absolute atomic E-state index is 10.4. The molecule has 0 heterocycles. The van der Waals surface area contributed by atoms with Crippen LogP contribution in [0.3, 0.4) is 0 Å². The van der Waals surface area contributed by atoms with Gasteiger partial charge in [0.25, 0.3) is 0 Å². The lowest BCUT2D eigenvalue weighted by atomic mass is 10.0. The van der Waals surface area contributed by atoms with Gasteiger partial charge >= 0.3 is 5.97 Å². The third kappa shape index (κ3) is 2.14. The van der Waals surface area contributed by atoms with Crippen LogP contribution in [0.15, 0.2) is 18.2 Å². The monoisotopic (exact) mass is 197 g/mol. The second-order valence-electron chi connectivity index (χ2n) is 2.92. The van der Waals surface area contributed by atoms with E-state index in [1.807, 2.05) is 0 Å². The van der Waals surface area contributed by atoms with E-state index in [0.29, 0.717) is 0 Å². The van der Waals surface area contributed by atoms with Crippen molar-refractivity contribution in [1.29, 1.82) is 0 Å². The lowest BCUT2D eigenvalue weighted by Crippen LogP contribution is -2.15. The number of carbonyl (C=O) groups is 1. The van der Waals surface area contributed by atoms with Gasteiger partial charge in [-0.3, -0.25) is 4.79 Å². The van der Waals surface area contributed by atoms with Gasteiger partial charge in [0, 0.05) is 11.6 Å². The van der Waals surface area contributed by atoms with Gasteiger partial charge in [-0.05, 0) is 6.07 Å². The van der Waals surface area contributed by atoms with Gasteiger partial charge in [-0.15, -0.1) is 0 Å². The second-order valence-corrected chi connectivity index (χ2v) is 2.92. The van der Waals surface area contributed by atoms with Gasteiger partial charge in [0.2, 0.25) is 0 Å². The Morgan fingerprint density at radius 1 is 1.43 bits per heavy atom. The standard InChI is InChI=1S/C9H11NO4/c10-6(4-8(12)13)5-2-1-3-7(11)9(5)14/h1-3,6,11,14H,4,10H2,(H,12,13)/t6-/m1/s1. The van der Waals surface area contributed by atoms with Crippen LogP contribution in [0.5, 0.6) is 11.5 Å². The van der Waals surface area contributed by atoms with E-state index >= 15 is 0 Å². The summed E-state index contributed by atoms with van der Waals surface area (Å²) in [6, 6.07) is 3.45. The highest BCUT2D eigenvalue weighted by molar-refractivity contribution is 5.68. The molecular formula is C9H11NO4. The number of carboxylic acids is 1. The van der Waals surface area contributed by atoms with E-state index in [9.17, 15) is 9.90 Å². The normalized spacial score (nSPS) is 12.4. The number of benzene rings is 1. The number of nitrogens with two attached hydrogens (primary N) is 1. The highest BCUT2D eigenvalue weighted by Crippen LogP contribution is 2.32. The molecule has 0 fully saturated rings. The van der Waals surface area contributed by atoms with Crippen LogP contribution in [0, 0.1) is 0 Å². The fourth-order valence-corrected chi connectivity index (χ4v) is 1.15. The Morgan fingerprint density at radius 3 is 2.64 bits per heavy atom. The maximum atomic E-state index is 10.4. The van der Waals surface area contributed by atoms with Crippen LogP contribution in [0.25, 0.3) is 0 Å². The number of hydrogen-bond acceptors (Lipinski definition) is 4. The minimum atomic E-state index is -1.06. The van der Waals surface area contributed by atoms with E-state index in [-0.39, 0.29) is 23.5 Å². The molecule has 0 bridgehead atoms. The van der Waals surface area contributed by atoms with Crippen LogP contribution in [0.1, 0.15) is 18.0 Å². The van der Waals surface area contributed by atoms with Gasteiger partial charge < -0.3 is 21.1 Å². The van der Waals surface area contributed by atoms with Gasteiger partial charge in [0.15, 0.2) is 11.5 Å². The van der Waals surface area contributed by atoms with E-state index in [1.165, 1.54) is 18.2 Å². The fourth-order valence-electron chi connectivity index (χ4n) is 1.15. The highest BCUT2D eigenvalue weighted by Gasteiger charge is 2.15. The molecule has 5 nitrogen and oxygen atoms in total. The van der Waals surface area contributed by atoms with Crippen molar-refractivity contribution in [1.82, 2.24) is 0 Å². The van der Waals surface area contributed by atoms with Crippen molar-refractivity contribution in [3.63, 3.8) is 0 Å². The molecule has 0 aliphatic rings. The number of carboxylic acid groups (broad SMARTS) is 1. The molecule has 0 amide bonds. The van der Waals surface area contributed by atoms with E-state index < -0.39 is 12.0 Å². The average Bonchev–Trinajstić information content (AvgIpc) is 2.08. The summed E-state index contributed by atoms with van der Waals surface area (Å²) in [5, 5.41) is 27.0. The molecule has 1 atom stereocenters. The molecule has 0 spiro atoms. The van der Waals surface area contributed by atoms with E-state index in [1.54, 1.807) is 0 Å². The van der Waals surface area contributed by atoms with Crippen LogP contribution in [0.2, 0.25) is 0 Å². The molecule has 0 saturated carbocycles. The Morgan fingerprint density at radius 2 is 2.07 bits per heavy atom. The lowest BCUT2D eigenvalue weighted by molar-refractivity contribution is -0.137. The predicted molar refractivity (Wildman–Crippen MR) is 49.0 cm³/mol. The molecule has 0 saturated heterocycles. The Hall–Kier alpha value is -1.75. The average molecular weight is 197 g/mol. The Bertz CT molecular complexity index is 351. The molecule has 0 aliphatic heterocycles. The van der Waals surface area contributed by atoms with Gasteiger partial charge in [0.05, 0.1) is 6.42 Å². The maximum Gasteiger partial charge on any atom is 0.305 e. The molecule has 0 aliphatic carbocycles. The van der Waals surface area contributed by atoms with Gasteiger partial charge in [-0.2, -0.15) is 0 Å². The predicted octanol–water partition coefficient (Wildman–Crippen LogP) is 0.572. The minimum absolute atomic E-state index is 0.229. The van der Waals surface area contributed by atoms with Gasteiger partial charge in [-0.1, -0.05) is 12.1 Å². The van der Waals surface area contributed by atoms with Crippen molar-refractivity contribution in [2.24, 2.45) is 5.73 Å². The molecule has 0 aromatic heterocycles. The number of phenols is 2. The van der Waals surface area contributed by atoms with Crippen molar-refractivity contribution in [2.75, 3.05) is 0 Å². The van der Waals surface area contributed by atoms with Gasteiger partial charge in [0.1, 0.15) is 0 Å². The number of aliphatic carboxylic acids is 1. The number of aromatic hydroxyl groups is 2. The SMILES string of the molecule is N[C@H](CC(=O)O)c1cccc(O)c1O. The molecule has 1 aromatic carbocycles. The van der Waals surface area contributed by atoms with Crippen molar-refractivity contribution < 1.29 is 20.1 Å². The molecule has 5 N–H and O–H groups in total. The number of para-hydroxylation sites is 1. The van der Waals surface area contributed by atoms with E-state index in [2.05, 4.69) is 0 Å². The van der Waals surface area contributed by atoms with Crippen molar-refractivity contribution >= 4 is 5.97 Å². The van der Waals surface area contributed by atoms with Crippen LogP contribution in [-0.4, -0.2) is 21.3 Å². The summed E-state index contributed by atoms with van der Waals surface area (Å²) in [4.78, 5) is 10.4. The molecule has 0 radical (unpaired) electrons. The first-order chi connectivity index (χ1) is 6.52. The molecule has 14 heavy (non-hydrogen) atoms. The third-order valence-electron chi connectivity index (χ3n) is 1.84. The van der Waals surface area contributed by atoms with Crippen LogP contribution in [-0.2, 0) is 4.79 Å². The summed E-state index contributed by atoms with van der Waals surface area (Å²) in [7, 11) is 0. The molecule has 0 unspecified atom stereocenters. The quantitative estimate of drug-likeness (QED) is 0.530. The third-order valence-corrected chi connectivity index (χ3v) is 1.84. The number of rotatable bonds is 3. The summed E-state index contributed by atoms with van der Waals surface area (Å²) in [5.74, 6) is -1.72. The largest absolute Gasteiger partial charge is 0.504 e. The molecule has 5 heteroatoms. The second kappa shape index (κ2) is 3.97. The zero-order valence-corrected chi connectivity index (χ0v) is 7.34. The fraction of sp³-hybridized carbons (Fsp3) is 0.222. The highest BCUT2D eigenvalue weighted by atomic mass is 16.4. The molecular weight excluding hydrogens is 186 g/mol. The first-order valence-electron chi connectivity index (χ1n) is 4.00. The van der Waals surface area contributed by atoms with E-state index in [4.69, 9.17) is 15.9 Å². The van der Waals surface area contributed by atoms with Gasteiger partial charge in [-0.25, -0.2) is 0 Å². The molecule has 1 aromatic rings. The van der Waals surface area contributed by atoms with Crippen LogP contribution < -0.4 is 5.73 Å². The molecule has 76 valence electrons. The summed E-state index contributed by atoms with van der Waals surface area (Å²) in [6.07, 6.45) is -0.295. The van der Waals surface area contributed by atoms with Crippen molar-refractivity contribution in [3.05, 3.63) is 23.8 Å². The zero-order valence-electron chi connectivity index (χ0n) is 7.34. The van der Waals surface area contributed by atoms with Crippen LogP contribution in [0.4, 0.5) is 0 Å². The zero-order chi connectivity index (χ0) is 10.7. The number of phenolic OH excluding ortho intramolecular Hbond substituents is 2. The summed E-state index contributed by atoms with van der Waals surface area (Å²) < 4.78 is 0. The van der Waals surface area contributed by atoms with Crippen molar-refractivity contribution in [3.8, 4) is 11.5 Å². The summed E-state index contributed by atoms with van der Waals surface area (Å²) in [6.45, 7) is 0. The number of hydrogen-bond donors (Lipinski definition) is 4. The Balaban J connectivity index is 2.95. The smallest absolute Gasteiger partial charge is 0.305 e. The van der Waals surface area contributed by atoms with E-state index in [0.717, 1.165) is 0 Å². The first kappa shape index (κ1) is 10.3. The topological polar surface area (TPSA) is 104 Å². The molecule has 1 rings (SSSR count). The Labute approximate surface area is 80.4 Å². The van der Waals surface area contributed by atoms with Crippen molar-refractivity contribution in [2.45, 2.75) is 12.5 Å². The van der Waals surface area contributed by atoms with Crippen LogP contribution >= 0.6 is 0 Å². The minimum Gasteiger partial charge on any atom is -0.504 e. The summed E-state index contributed by atoms with van der Waals surface area (Å²) >= 11 is 0. The lowest BCUT2D eigenvalue weighted by Gasteiger charge is -2.11. The first-order valence-corrected chi connectivity index (χ1v) is 4.00. The Kier molecular flexibility index (Phi) is 2.93. The summed E-state index contributed by atoms with van der Waals surface area (Å²) in [5.41, 5.74) is 5.74.